The molecule has 2 heteroatoms. The molecule has 0 saturated heterocycles. The van der Waals surface area contributed by atoms with Crippen LogP contribution < -0.4 is 0 Å². The van der Waals surface area contributed by atoms with Crippen LogP contribution in [0.3, 0.4) is 0 Å². The molecule has 2 aromatic carbocycles. The van der Waals surface area contributed by atoms with Gasteiger partial charge in [0.2, 0.25) is 0 Å². The van der Waals surface area contributed by atoms with Crippen molar-refractivity contribution in [2.24, 2.45) is 0 Å². The van der Waals surface area contributed by atoms with Gasteiger partial charge < -0.3 is 0 Å². The van der Waals surface area contributed by atoms with Crippen molar-refractivity contribution in [2.75, 3.05) is 6.54 Å². The first-order chi connectivity index (χ1) is 11.9. The second-order valence-electron chi connectivity index (χ2n) is 6.80. The molecule has 0 aliphatic heterocycles. The lowest BCUT2D eigenvalue weighted by Crippen LogP contribution is -2.24. The second kappa shape index (κ2) is 13.9. The quantitative estimate of drug-likeness (QED) is 0.374. The van der Waals surface area contributed by atoms with E-state index in [9.17, 15) is 0 Å². The maximum Gasteiger partial charge on any atom is 0.0237 e. The van der Waals surface area contributed by atoms with Gasteiger partial charge in [-0.2, -0.15) is 0 Å². The van der Waals surface area contributed by atoms with Crippen LogP contribution in [0, 0.1) is 0 Å². The largest absolute Gasteiger partial charge is 0.295 e. The highest BCUT2D eigenvalue weighted by Crippen LogP contribution is 2.13. The second-order valence-corrected chi connectivity index (χ2v) is 6.80. The molecular formula is C23H34ClN. The van der Waals surface area contributed by atoms with Gasteiger partial charge in [-0.1, -0.05) is 106 Å². The average molecular weight is 360 g/mol. The van der Waals surface area contributed by atoms with Crippen LogP contribution >= 0.6 is 12.4 Å². The molecular weight excluding hydrogens is 326 g/mol. The maximum absolute atomic E-state index is 2.59. The van der Waals surface area contributed by atoms with Crippen LogP contribution in [-0.4, -0.2) is 11.4 Å². The van der Waals surface area contributed by atoms with Gasteiger partial charge in [-0.05, 0) is 24.1 Å². The van der Waals surface area contributed by atoms with Gasteiger partial charge in [0.1, 0.15) is 0 Å². The van der Waals surface area contributed by atoms with E-state index in [0.717, 1.165) is 13.1 Å². The van der Waals surface area contributed by atoms with Crippen LogP contribution in [-0.2, 0) is 13.1 Å². The third-order valence-electron chi connectivity index (χ3n) is 4.58. The van der Waals surface area contributed by atoms with E-state index in [1.54, 1.807) is 0 Å². The van der Waals surface area contributed by atoms with Crippen LogP contribution in [0.2, 0.25) is 0 Å². The van der Waals surface area contributed by atoms with Gasteiger partial charge in [0.25, 0.3) is 0 Å². The Balaban J connectivity index is 0.00000312. The van der Waals surface area contributed by atoms with Crippen LogP contribution in [0.4, 0.5) is 0 Å². The van der Waals surface area contributed by atoms with Gasteiger partial charge in [-0.15, -0.1) is 12.4 Å². The highest BCUT2D eigenvalue weighted by molar-refractivity contribution is 5.85. The summed E-state index contributed by atoms with van der Waals surface area (Å²) in [5.74, 6) is 0. The van der Waals surface area contributed by atoms with Crippen LogP contribution in [0.25, 0.3) is 0 Å². The zero-order valence-corrected chi connectivity index (χ0v) is 16.5. The molecule has 0 bridgehead atoms. The molecule has 2 aromatic rings. The molecule has 138 valence electrons. The molecule has 0 aliphatic carbocycles. The lowest BCUT2D eigenvalue weighted by molar-refractivity contribution is 0.250. The number of hydrogen-bond donors (Lipinski definition) is 0. The highest BCUT2D eigenvalue weighted by atomic mass is 35.5. The normalized spacial score (nSPS) is 10.6. The van der Waals surface area contributed by atoms with Crippen molar-refractivity contribution in [3.8, 4) is 0 Å². The Morgan fingerprint density at radius 3 is 1.52 bits per heavy atom. The summed E-state index contributed by atoms with van der Waals surface area (Å²) in [5, 5.41) is 0. The minimum Gasteiger partial charge on any atom is -0.295 e. The predicted molar refractivity (Wildman–Crippen MR) is 112 cm³/mol. The van der Waals surface area contributed by atoms with Gasteiger partial charge in [0, 0.05) is 13.1 Å². The van der Waals surface area contributed by atoms with E-state index in [-0.39, 0.29) is 12.4 Å². The Bertz CT molecular complexity index is 485. The first-order valence-electron chi connectivity index (χ1n) is 9.68. The Kier molecular flexibility index (Phi) is 12.1. The Hall–Kier alpha value is -1.31. The maximum atomic E-state index is 2.59. The summed E-state index contributed by atoms with van der Waals surface area (Å²) < 4.78 is 0. The summed E-state index contributed by atoms with van der Waals surface area (Å²) >= 11 is 0. The van der Waals surface area contributed by atoms with Gasteiger partial charge in [-0.3, -0.25) is 4.90 Å². The van der Waals surface area contributed by atoms with Crippen LogP contribution in [0.5, 0.6) is 0 Å². The molecule has 0 atom stereocenters. The molecule has 0 aromatic heterocycles. The molecule has 0 unspecified atom stereocenters. The van der Waals surface area contributed by atoms with Gasteiger partial charge in [-0.25, -0.2) is 0 Å². The minimum absolute atomic E-state index is 0. The van der Waals surface area contributed by atoms with Crippen LogP contribution in [0.15, 0.2) is 60.7 Å². The monoisotopic (exact) mass is 359 g/mol. The Morgan fingerprint density at radius 1 is 0.600 bits per heavy atom. The number of unbranched alkanes of at least 4 members (excludes halogenated alkanes) is 6. The summed E-state index contributed by atoms with van der Waals surface area (Å²) in [7, 11) is 0. The van der Waals surface area contributed by atoms with E-state index in [0.29, 0.717) is 0 Å². The SMILES string of the molecule is CCCCCCCCCN(Cc1ccccc1)Cc1ccccc1.Cl. The summed E-state index contributed by atoms with van der Waals surface area (Å²) in [4.78, 5) is 2.59. The fraction of sp³-hybridized carbons (Fsp3) is 0.478. The van der Waals surface area contributed by atoms with E-state index < -0.39 is 0 Å². The average Bonchev–Trinajstić information content (AvgIpc) is 2.62. The van der Waals surface area contributed by atoms with Crippen LogP contribution in [0.1, 0.15) is 63.0 Å². The molecule has 0 fully saturated rings. The summed E-state index contributed by atoms with van der Waals surface area (Å²) in [5.41, 5.74) is 2.83. The summed E-state index contributed by atoms with van der Waals surface area (Å²) in [6, 6.07) is 21.7. The van der Waals surface area contributed by atoms with Crippen molar-refractivity contribution in [1.82, 2.24) is 4.90 Å². The lowest BCUT2D eigenvalue weighted by atomic mass is 10.1. The van der Waals surface area contributed by atoms with Gasteiger partial charge >= 0.3 is 0 Å². The van der Waals surface area contributed by atoms with E-state index >= 15 is 0 Å². The van der Waals surface area contributed by atoms with Crippen molar-refractivity contribution >= 4 is 12.4 Å². The number of benzene rings is 2. The van der Waals surface area contributed by atoms with Gasteiger partial charge in [0.15, 0.2) is 0 Å². The number of rotatable bonds is 12. The topological polar surface area (TPSA) is 3.24 Å². The molecule has 0 N–H and O–H groups in total. The molecule has 0 heterocycles. The molecule has 0 amide bonds. The Labute approximate surface area is 160 Å². The zero-order chi connectivity index (χ0) is 16.9. The molecule has 1 nitrogen and oxygen atoms in total. The fourth-order valence-corrected chi connectivity index (χ4v) is 3.19. The highest BCUT2D eigenvalue weighted by Gasteiger charge is 2.07. The van der Waals surface area contributed by atoms with E-state index in [1.807, 2.05) is 0 Å². The number of nitrogens with zero attached hydrogens (tertiary/aromatic N) is 1. The fourth-order valence-electron chi connectivity index (χ4n) is 3.19. The molecule has 0 aliphatic rings. The van der Waals surface area contributed by atoms with E-state index in [1.165, 1.54) is 62.6 Å². The molecule has 25 heavy (non-hydrogen) atoms. The van der Waals surface area contributed by atoms with Crippen molar-refractivity contribution in [2.45, 2.75) is 65.0 Å². The van der Waals surface area contributed by atoms with E-state index in [4.69, 9.17) is 0 Å². The van der Waals surface area contributed by atoms with Crippen molar-refractivity contribution < 1.29 is 0 Å². The first kappa shape index (κ1) is 21.7. The zero-order valence-electron chi connectivity index (χ0n) is 15.7. The molecule has 0 radical (unpaired) electrons. The Morgan fingerprint density at radius 2 is 1.04 bits per heavy atom. The minimum atomic E-state index is 0. The van der Waals surface area contributed by atoms with Crippen molar-refractivity contribution in [3.63, 3.8) is 0 Å². The van der Waals surface area contributed by atoms with Crippen molar-refractivity contribution in [3.05, 3.63) is 71.8 Å². The predicted octanol–water partition coefficient (Wildman–Crippen LogP) is 6.86. The third kappa shape index (κ3) is 9.67. The standard InChI is InChI=1S/C23H33N.ClH/c1-2-3-4-5-6-7-14-19-24(20-22-15-10-8-11-16-22)21-23-17-12-9-13-18-23;/h8-13,15-18H,2-7,14,19-21H2,1H3;1H. The number of hydrogen-bond acceptors (Lipinski definition) is 1. The number of halogens is 1. The molecule has 0 spiro atoms. The van der Waals surface area contributed by atoms with Gasteiger partial charge in [0.05, 0.1) is 0 Å². The molecule has 2 rings (SSSR count). The summed E-state index contributed by atoms with van der Waals surface area (Å²) in [6.45, 7) is 5.57. The first-order valence-corrected chi connectivity index (χ1v) is 9.68. The molecule has 0 saturated carbocycles. The summed E-state index contributed by atoms with van der Waals surface area (Å²) in [6.07, 6.45) is 9.62. The van der Waals surface area contributed by atoms with Crippen molar-refractivity contribution in [1.29, 1.82) is 0 Å². The smallest absolute Gasteiger partial charge is 0.0237 e. The third-order valence-corrected chi connectivity index (χ3v) is 4.58. The lowest BCUT2D eigenvalue weighted by Gasteiger charge is -2.22. The van der Waals surface area contributed by atoms with E-state index in [2.05, 4.69) is 72.5 Å².